The number of benzene rings is 1. The molecule has 2 N–H and O–H groups in total. The van der Waals surface area contributed by atoms with Crippen LogP contribution in [0.3, 0.4) is 0 Å². The summed E-state index contributed by atoms with van der Waals surface area (Å²) in [6.07, 6.45) is -2.71. The SMILES string of the molecule is CC1CN(c2cc(F)c(-c3ccc(N(C)C)nc3)cc2NC(=O)c2c[nH]c(=O)cc2C(F)(F)F)CCN1C. The summed E-state index contributed by atoms with van der Waals surface area (Å²) in [7, 11) is 5.59. The molecule has 1 aromatic carbocycles. The van der Waals surface area contributed by atoms with Gasteiger partial charge in [-0.05, 0) is 38.2 Å². The minimum atomic E-state index is -4.93. The second-order valence-corrected chi connectivity index (χ2v) is 9.50. The minimum absolute atomic E-state index is 0.119. The maximum Gasteiger partial charge on any atom is 0.417 e. The van der Waals surface area contributed by atoms with Crippen molar-refractivity contribution >= 4 is 23.1 Å². The fourth-order valence-corrected chi connectivity index (χ4v) is 4.31. The highest BCUT2D eigenvalue weighted by atomic mass is 19.4. The van der Waals surface area contributed by atoms with Crippen LogP contribution in [0.15, 0.2) is 47.5 Å². The molecule has 4 rings (SSSR count). The van der Waals surface area contributed by atoms with Crippen molar-refractivity contribution in [3.05, 3.63) is 70.0 Å². The average Bonchev–Trinajstić information content (AvgIpc) is 2.86. The van der Waals surface area contributed by atoms with Crippen LogP contribution in [0.25, 0.3) is 11.1 Å². The van der Waals surface area contributed by atoms with Crippen LogP contribution in [-0.4, -0.2) is 67.6 Å². The molecule has 3 aromatic rings. The zero-order valence-corrected chi connectivity index (χ0v) is 21.4. The van der Waals surface area contributed by atoms with Crippen molar-refractivity contribution in [1.29, 1.82) is 0 Å². The predicted octanol–water partition coefficient (Wildman–Crippen LogP) is 4.05. The number of aromatic amines is 1. The molecule has 1 atom stereocenters. The molecule has 0 saturated carbocycles. The number of carbonyl (C=O) groups is 1. The number of aromatic nitrogens is 2. The van der Waals surface area contributed by atoms with Gasteiger partial charge in [0, 0.05) is 69.4 Å². The van der Waals surface area contributed by atoms with E-state index in [2.05, 4.69) is 20.2 Å². The van der Waals surface area contributed by atoms with Crippen molar-refractivity contribution in [2.75, 3.05) is 55.9 Å². The Morgan fingerprint density at radius 1 is 1.18 bits per heavy atom. The van der Waals surface area contributed by atoms with E-state index in [1.165, 1.54) is 18.3 Å². The fraction of sp³-hybridized carbons (Fsp3) is 0.346. The van der Waals surface area contributed by atoms with E-state index in [1.54, 1.807) is 17.0 Å². The molecule has 1 amide bonds. The lowest BCUT2D eigenvalue weighted by atomic mass is 10.0. The molecule has 1 aliphatic heterocycles. The van der Waals surface area contributed by atoms with E-state index in [1.807, 2.05) is 33.0 Å². The molecule has 38 heavy (non-hydrogen) atoms. The third-order valence-corrected chi connectivity index (χ3v) is 6.63. The highest BCUT2D eigenvalue weighted by Crippen LogP contribution is 2.37. The van der Waals surface area contributed by atoms with Crippen LogP contribution < -0.4 is 20.7 Å². The van der Waals surface area contributed by atoms with Crippen LogP contribution >= 0.6 is 0 Å². The normalized spacial score (nSPS) is 16.4. The Kier molecular flexibility index (Phi) is 7.45. The number of halogens is 4. The number of piperazine rings is 1. The summed E-state index contributed by atoms with van der Waals surface area (Å²) in [5.41, 5.74) is -2.06. The first-order valence-electron chi connectivity index (χ1n) is 11.9. The van der Waals surface area contributed by atoms with Crippen LogP contribution in [0.4, 0.5) is 34.8 Å². The molecule has 202 valence electrons. The molecule has 1 unspecified atom stereocenters. The lowest BCUT2D eigenvalue weighted by molar-refractivity contribution is -0.138. The van der Waals surface area contributed by atoms with Gasteiger partial charge in [0.05, 0.1) is 22.5 Å². The quantitative estimate of drug-likeness (QED) is 0.483. The number of pyridine rings is 2. The first-order valence-corrected chi connectivity index (χ1v) is 11.9. The second-order valence-electron chi connectivity index (χ2n) is 9.50. The number of amides is 1. The summed E-state index contributed by atoms with van der Waals surface area (Å²) in [4.78, 5) is 36.9. The van der Waals surface area contributed by atoms with E-state index in [0.717, 1.165) is 6.20 Å². The van der Waals surface area contributed by atoms with Crippen LogP contribution in [-0.2, 0) is 6.18 Å². The van der Waals surface area contributed by atoms with E-state index >= 15 is 4.39 Å². The highest BCUT2D eigenvalue weighted by Gasteiger charge is 2.36. The summed E-state index contributed by atoms with van der Waals surface area (Å²) in [6.45, 7) is 3.72. The Bertz CT molecular complexity index is 1390. The van der Waals surface area contributed by atoms with Gasteiger partial charge >= 0.3 is 6.18 Å². The van der Waals surface area contributed by atoms with Gasteiger partial charge in [0.1, 0.15) is 11.6 Å². The molecule has 1 aliphatic rings. The number of nitrogens with zero attached hydrogens (tertiary/aromatic N) is 4. The first-order chi connectivity index (χ1) is 17.8. The Hall–Kier alpha value is -3.93. The predicted molar refractivity (Wildman–Crippen MR) is 138 cm³/mol. The van der Waals surface area contributed by atoms with Crippen LogP contribution in [0, 0.1) is 5.82 Å². The van der Waals surface area contributed by atoms with E-state index < -0.39 is 34.6 Å². The average molecular weight is 533 g/mol. The zero-order chi connectivity index (χ0) is 27.8. The fourth-order valence-electron chi connectivity index (χ4n) is 4.31. The highest BCUT2D eigenvalue weighted by molar-refractivity contribution is 6.07. The third kappa shape index (κ3) is 5.64. The van der Waals surface area contributed by atoms with Crippen molar-refractivity contribution in [3.8, 4) is 11.1 Å². The van der Waals surface area contributed by atoms with Crippen molar-refractivity contribution in [3.63, 3.8) is 0 Å². The van der Waals surface area contributed by atoms with E-state index in [0.29, 0.717) is 42.8 Å². The van der Waals surface area contributed by atoms with Gasteiger partial charge in [0.15, 0.2) is 0 Å². The molecule has 3 heterocycles. The minimum Gasteiger partial charge on any atom is -0.367 e. The van der Waals surface area contributed by atoms with Gasteiger partial charge in [-0.1, -0.05) is 0 Å². The summed E-state index contributed by atoms with van der Waals surface area (Å²) < 4.78 is 56.3. The van der Waals surface area contributed by atoms with Gasteiger partial charge in [-0.3, -0.25) is 9.59 Å². The third-order valence-electron chi connectivity index (χ3n) is 6.63. The van der Waals surface area contributed by atoms with E-state index in [9.17, 15) is 22.8 Å². The number of anilines is 3. The molecular formula is C26H28F4N6O2. The maximum absolute atomic E-state index is 15.5. The summed E-state index contributed by atoms with van der Waals surface area (Å²) >= 11 is 0. The molecular weight excluding hydrogens is 504 g/mol. The van der Waals surface area contributed by atoms with Crippen molar-refractivity contribution < 1.29 is 22.4 Å². The summed E-state index contributed by atoms with van der Waals surface area (Å²) in [5.74, 6) is -0.997. The van der Waals surface area contributed by atoms with E-state index in [-0.39, 0.29) is 17.3 Å². The maximum atomic E-state index is 15.5. The summed E-state index contributed by atoms with van der Waals surface area (Å²) in [5, 5.41) is 2.54. The van der Waals surface area contributed by atoms with E-state index in [4.69, 9.17) is 0 Å². The van der Waals surface area contributed by atoms with Crippen LogP contribution in [0.5, 0.6) is 0 Å². The summed E-state index contributed by atoms with van der Waals surface area (Å²) in [6, 6.07) is 6.52. The second kappa shape index (κ2) is 10.4. The Morgan fingerprint density at radius 3 is 2.53 bits per heavy atom. The van der Waals surface area contributed by atoms with Crippen molar-refractivity contribution in [1.82, 2.24) is 14.9 Å². The van der Waals surface area contributed by atoms with Gasteiger partial charge in [0.2, 0.25) is 5.56 Å². The molecule has 1 saturated heterocycles. The van der Waals surface area contributed by atoms with Crippen molar-refractivity contribution in [2.45, 2.75) is 19.1 Å². The Balaban J connectivity index is 1.79. The first kappa shape index (κ1) is 27.1. The smallest absolute Gasteiger partial charge is 0.367 e. The number of carbonyl (C=O) groups excluding carboxylic acids is 1. The zero-order valence-electron chi connectivity index (χ0n) is 21.4. The number of alkyl halides is 3. The molecule has 1 fully saturated rings. The number of nitrogens with one attached hydrogen (secondary N) is 2. The lowest BCUT2D eigenvalue weighted by Gasteiger charge is -2.39. The van der Waals surface area contributed by atoms with Gasteiger partial charge in [-0.15, -0.1) is 0 Å². The molecule has 0 radical (unpaired) electrons. The molecule has 0 spiro atoms. The molecule has 0 bridgehead atoms. The molecule has 0 aliphatic carbocycles. The topological polar surface area (TPSA) is 84.6 Å². The van der Waals surface area contributed by atoms with Gasteiger partial charge in [-0.2, -0.15) is 13.2 Å². The Morgan fingerprint density at radius 2 is 1.92 bits per heavy atom. The number of hydrogen-bond acceptors (Lipinski definition) is 6. The van der Waals surface area contributed by atoms with Gasteiger partial charge in [-0.25, -0.2) is 9.37 Å². The number of H-pyrrole nitrogens is 1. The van der Waals surface area contributed by atoms with Crippen LogP contribution in [0.1, 0.15) is 22.8 Å². The van der Waals surface area contributed by atoms with Gasteiger partial charge < -0.3 is 25.0 Å². The number of likely N-dealkylation sites (N-methyl/N-ethyl adjacent to an activating group) is 1. The van der Waals surface area contributed by atoms with Crippen LogP contribution in [0.2, 0.25) is 0 Å². The van der Waals surface area contributed by atoms with Gasteiger partial charge in [0.25, 0.3) is 5.91 Å². The largest absolute Gasteiger partial charge is 0.417 e. The number of hydrogen-bond donors (Lipinski definition) is 2. The standard InChI is InChI=1S/C26H28F4N6O2/c1-15-14-36(8-7-35(15)4)22-11-20(27)17(16-5-6-23(31-12-16)34(2)3)9-21(22)33-25(38)18-13-32-24(37)10-19(18)26(28,29)30/h5-6,9-13,15H,7-8,14H2,1-4H3,(H,32,37)(H,33,38). The molecule has 8 nitrogen and oxygen atoms in total. The molecule has 2 aromatic heterocycles. The number of rotatable bonds is 5. The Labute approximate surface area is 216 Å². The van der Waals surface area contributed by atoms with Crippen molar-refractivity contribution in [2.24, 2.45) is 0 Å². The monoisotopic (exact) mass is 532 g/mol. The molecule has 12 heteroatoms. The lowest BCUT2D eigenvalue weighted by Crippen LogP contribution is -2.50.